The van der Waals surface area contributed by atoms with Gasteiger partial charge < -0.3 is 4.74 Å². The molecule has 2 unspecified atom stereocenters. The molecule has 1 aliphatic heterocycles. The first-order valence-electron chi connectivity index (χ1n) is 6.10. The van der Waals surface area contributed by atoms with Crippen LogP contribution in [-0.2, 0) is 9.53 Å². The van der Waals surface area contributed by atoms with Gasteiger partial charge in [-0.2, -0.15) is 0 Å². The van der Waals surface area contributed by atoms with Gasteiger partial charge in [-0.1, -0.05) is 0 Å². The molecule has 0 radical (unpaired) electrons. The Morgan fingerprint density at radius 1 is 1.32 bits per heavy atom. The lowest BCUT2D eigenvalue weighted by Gasteiger charge is -2.14. The predicted molar refractivity (Wildman–Crippen MR) is 61.8 cm³/mol. The van der Waals surface area contributed by atoms with E-state index in [0.29, 0.717) is 18.4 Å². The van der Waals surface area contributed by atoms with Crippen LogP contribution < -0.4 is 5.32 Å². The first-order chi connectivity index (χ1) is 9.02. The Hall–Kier alpha value is -1.56. The molecule has 19 heavy (non-hydrogen) atoms. The fraction of sp³-hybridized carbons (Fsp3) is 0.462. The van der Waals surface area contributed by atoms with Gasteiger partial charge in [0.25, 0.3) is 0 Å². The highest BCUT2D eigenvalue weighted by atomic mass is 19.2. The van der Waals surface area contributed by atoms with Gasteiger partial charge in [0.2, 0.25) is 0 Å². The van der Waals surface area contributed by atoms with Crippen LogP contribution in [0.4, 0.5) is 13.2 Å². The second-order valence-corrected chi connectivity index (χ2v) is 4.40. The van der Waals surface area contributed by atoms with Crippen LogP contribution in [0, 0.1) is 17.5 Å². The van der Waals surface area contributed by atoms with Gasteiger partial charge in [-0.05, 0) is 37.5 Å². The van der Waals surface area contributed by atoms with Crippen molar-refractivity contribution in [1.29, 1.82) is 0 Å². The average molecular weight is 273 g/mol. The summed E-state index contributed by atoms with van der Waals surface area (Å²) in [5, 5.41) is 2.94. The molecule has 104 valence electrons. The van der Waals surface area contributed by atoms with Gasteiger partial charge in [-0.15, -0.1) is 0 Å². The first kappa shape index (κ1) is 13.9. The van der Waals surface area contributed by atoms with Gasteiger partial charge in [-0.25, -0.2) is 13.2 Å². The lowest BCUT2D eigenvalue weighted by atomic mass is 10.0. The molecule has 0 aliphatic carbocycles. The van der Waals surface area contributed by atoms with Gasteiger partial charge in [0, 0.05) is 6.04 Å². The average Bonchev–Trinajstić information content (AvgIpc) is 2.85. The van der Waals surface area contributed by atoms with E-state index >= 15 is 0 Å². The standard InChI is InChI=1S/C13H14F3NO2/c1-2-19-13(18)11-4-3-10(17-11)7-5-8(14)12(16)9(15)6-7/h5-6,10-11,17H,2-4H2,1H3. The number of ether oxygens (including phenoxy) is 1. The van der Waals surface area contributed by atoms with Crippen LogP contribution in [0.2, 0.25) is 0 Å². The molecule has 0 bridgehead atoms. The number of halogens is 3. The van der Waals surface area contributed by atoms with E-state index < -0.39 is 23.5 Å². The van der Waals surface area contributed by atoms with Crippen molar-refractivity contribution in [1.82, 2.24) is 5.32 Å². The van der Waals surface area contributed by atoms with Crippen LogP contribution in [0.5, 0.6) is 0 Å². The van der Waals surface area contributed by atoms with Gasteiger partial charge in [0.15, 0.2) is 17.5 Å². The van der Waals surface area contributed by atoms with Gasteiger partial charge >= 0.3 is 5.97 Å². The zero-order chi connectivity index (χ0) is 14.0. The molecule has 0 amide bonds. The number of esters is 1. The maximum absolute atomic E-state index is 13.1. The van der Waals surface area contributed by atoms with Crippen molar-refractivity contribution in [3.05, 3.63) is 35.1 Å². The minimum Gasteiger partial charge on any atom is -0.465 e. The molecule has 1 aromatic rings. The second-order valence-electron chi connectivity index (χ2n) is 4.40. The lowest BCUT2D eigenvalue weighted by Crippen LogP contribution is -2.33. The van der Waals surface area contributed by atoms with Crippen molar-refractivity contribution in [3.63, 3.8) is 0 Å². The molecular formula is C13H14F3NO2. The molecular weight excluding hydrogens is 259 g/mol. The Morgan fingerprint density at radius 2 is 1.95 bits per heavy atom. The summed E-state index contributed by atoms with van der Waals surface area (Å²) in [5.41, 5.74) is 0.295. The van der Waals surface area contributed by atoms with Crippen LogP contribution in [-0.4, -0.2) is 18.6 Å². The maximum Gasteiger partial charge on any atom is 0.323 e. The molecule has 1 saturated heterocycles. The highest BCUT2D eigenvalue weighted by Crippen LogP contribution is 2.28. The van der Waals surface area contributed by atoms with E-state index in [2.05, 4.69) is 5.32 Å². The molecule has 3 nitrogen and oxygen atoms in total. The van der Waals surface area contributed by atoms with Crippen LogP contribution >= 0.6 is 0 Å². The molecule has 6 heteroatoms. The van der Waals surface area contributed by atoms with Crippen molar-refractivity contribution >= 4 is 5.97 Å². The van der Waals surface area contributed by atoms with Crippen molar-refractivity contribution in [2.45, 2.75) is 31.8 Å². The Labute approximate surface area is 108 Å². The Morgan fingerprint density at radius 3 is 2.53 bits per heavy atom. The van der Waals surface area contributed by atoms with Crippen molar-refractivity contribution in [2.24, 2.45) is 0 Å². The summed E-state index contributed by atoms with van der Waals surface area (Å²) >= 11 is 0. The van der Waals surface area contributed by atoms with Crippen LogP contribution in [0.3, 0.4) is 0 Å². The number of hydrogen-bond donors (Lipinski definition) is 1. The van der Waals surface area contributed by atoms with Gasteiger partial charge in [-0.3, -0.25) is 10.1 Å². The third kappa shape index (κ3) is 2.89. The summed E-state index contributed by atoms with van der Waals surface area (Å²) in [7, 11) is 0. The summed E-state index contributed by atoms with van der Waals surface area (Å²) in [6.45, 7) is 1.98. The van der Waals surface area contributed by atoms with E-state index in [1.54, 1.807) is 6.92 Å². The third-order valence-electron chi connectivity index (χ3n) is 3.13. The predicted octanol–water partition coefficient (Wildman–Crippen LogP) is 2.46. The summed E-state index contributed by atoms with van der Waals surface area (Å²) in [6, 6.07) is 1.04. The van der Waals surface area contributed by atoms with E-state index in [-0.39, 0.29) is 18.6 Å². The normalized spacial score (nSPS) is 22.5. The van der Waals surface area contributed by atoms with Crippen molar-refractivity contribution < 1.29 is 22.7 Å². The Balaban J connectivity index is 2.11. The van der Waals surface area contributed by atoms with Gasteiger partial charge in [0.05, 0.1) is 6.61 Å². The molecule has 1 N–H and O–H groups in total. The van der Waals surface area contributed by atoms with Crippen LogP contribution in [0.15, 0.2) is 12.1 Å². The number of hydrogen-bond acceptors (Lipinski definition) is 3. The fourth-order valence-electron chi connectivity index (χ4n) is 2.21. The molecule has 1 fully saturated rings. The number of carbonyl (C=O) groups is 1. The minimum atomic E-state index is -1.48. The largest absolute Gasteiger partial charge is 0.465 e. The molecule has 1 aliphatic rings. The van der Waals surface area contributed by atoms with Crippen molar-refractivity contribution in [2.75, 3.05) is 6.61 Å². The van der Waals surface area contributed by atoms with Crippen molar-refractivity contribution in [3.8, 4) is 0 Å². The molecule has 1 aromatic carbocycles. The van der Waals surface area contributed by atoms with Crippen LogP contribution in [0.25, 0.3) is 0 Å². The minimum absolute atomic E-state index is 0.279. The quantitative estimate of drug-likeness (QED) is 0.679. The second kappa shape index (κ2) is 5.61. The van der Waals surface area contributed by atoms with E-state index in [9.17, 15) is 18.0 Å². The summed E-state index contributed by atoms with van der Waals surface area (Å²) in [5.74, 6) is -4.32. The fourth-order valence-corrected chi connectivity index (χ4v) is 2.21. The number of benzene rings is 1. The van der Waals surface area contributed by atoms with E-state index in [4.69, 9.17) is 4.74 Å². The zero-order valence-corrected chi connectivity index (χ0v) is 10.4. The monoisotopic (exact) mass is 273 g/mol. The molecule has 2 rings (SSSR count). The number of nitrogens with one attached hydrogen (secondary N) is 1. The van der Waals surface area contributed by atoms with Gasteiger partial charge in [0.1, 0.15) is 6.04 Å². The summed E-state index contributed by atoms with van der Waals surface area (Å²) in [6.07, 6.45) is 1.05. The third-order valence-corrected chi connectivity index (χ3v) is 3.13. The molecule has 0 spiro atoms. The molecule has 0 saturated carbocycles. The highest BCUT2D eigenvalue weighted by Gasteiger charge is 2.31. The Bertz CT molecular complexity index is 470. The molecule has 1 heterocycles. The molecule has 2 atom stereocenters. The van der Waals surface area contributed by atoms with E-state index in [1.807, 2.05) is 0 Å². The number of carbonyl (C=O) groups excluding carboxylic acids is 1. The summed E-state index contributed by atoms with van der Waals surface area (Å²) < 4.78 is 44.0. The van der Waals surface area contributed by atoms with E-state index in [1.165, 1.54) is 0 Å². The topological polar surface area (TPSA) is 38.3 Å². The SMILES string of the molecule is CCOC(=O)C1CCC(c2cc(F)c(F)c(F)c2)N1. The smallest absolute Gasteiger partial charge is 0.323 e. The lowest BCUT2D eigenvalue weighted by molar-refractivity contribution is -0.145. The first-order valence-corrected chi connectivity index (χ1v) is 6.10. The zero-order valence-electron chi connectivity index (χ0n) is 10.4. The molecule has 0 aromatic heterocycles. The summed E-state index contributed by atoms with van der Waals surface area (Å²) in [4.78, 5) is 11.5. The number of rotatable bonds is 3. The van der Waals surface area contributed by atoms with Crippen LogP contribution in [0.1, 0.15) is 31.4 Å². The maximum atomic E-state index is 13.1. The highest BCUT2D eigenvalue weighted by molar-refractivity contribution is 5.76. The Kier molecular flexibility index (Phi) is 4.09. The van der Waals surface area contributed by atoms with E-state index in [0.717, 1.165) is 12.1 Å².